The Morgan fingerprint density at radius 2 is 2.17 bits per heavy atom. The Balaban J connectivity index is 1.95. The SMILES string of the molecule is N=C(N)c1cc2c(nc1SC1COC1)CCCC2. The van der Waals surface area contributed by atoms with E-state index in [1.807, 2.05) is 0 Å². The molecule has 0 bridgehead atoms. The fourth-order valence-corrected chi connectivity index (χ4v) is 3.44. The molecule has 0 unspecified atom stereocenters. The zero-order valence-electron chi connectivity index (χ0n) is 10.2. The summed E-state index contributed by atoms with van der Waals surface area (Å²) in [5.41, 5.74) is 8.96. The van der Waals surface area contributed by atoms with Gasteiger partial charge in [-0.15, -0.1) is 0 Å². The summed E-state index contributed by atoms with van der Waals surface area (Å²) in [5, 5.41) is 9.09. The number of hydrogen-bond acceptors (Lipinski definition) is 4. The minimum atomic E-state index is 0.124. The Kier molecular flexibility index (Phi) is 3.26. The van der Waals surface area contributed by atoms with Crippen LogP contribution in [0, 0.1) is 5.41 Å². The molecule has 1 aromatic heterocycles. The molecular formula is C13H17N3OS. The van der Waals surface area contributed by atoms with Crippen LogP contribution < -0.4 is 5.73 Å². The summed E-state index contributed by atoms with van der Waals surface area (Å²) in [4.78, 5) is 4.74. The molecule has 2 heterocycles. The molecule has 96 valence electrons. The highest BCUT2D eigenvalue weighted by molar-refractivity contribution is 8.00. The van der Waals surface area contributed by atoms with Gasteiger partial charge in [0.2, 0.25) is 0 Å². The minimum Gasteiger partial charge on any atom is -0.384 e. The number of pyridine rings is 1. The van der Waals surface area contributed by atoms with Crippen molar-refractivity contribution in [3.63, 3.8) is 0 Å². The highest BCUT2D eigenvalue weighted by Crippen LogP contribution is 2.32. The second-order valence-corrected chi connectivity index (χ2v) is 6.13. The van der Waals surface area contributed by atoms with Crippen molar-refractivity contribution in [2.75, 3.05) is 13.2 Å². The van der Waals surface area contributed by atoms with Crippen LogP contribution in [0.1, 0.15) is 29.7 Å². The zero-order valence-corrected chi connectivity index (χ0v) is 11.1. The minimum absolute atomic E-state index is 0.124. The van der Waals surface area contributed by atoms with Gasteiger partial charge in [0.1, 0.15) is 10.9 Å². The fraction of sp³-hybridized carbons (Fsp3) is 0.538. The van der Waals surface area contributed by atoms with Crippen molar-refractivity contribution in [3.8, 4) is 0 Å². The summed E-state index contributed by atoms with van der Waals surface area (Å²) in [7, 11) is 0. The first-order valence-electron chi connectivity index (χ1n) is 6.35. The number of nitrogens with two attached hydrogens (primary N) is 1. The van der Waals surface area contributed by atoms with Crippen molar-refractivity contribution in [1.82, 2.24) is 4.98 Å². The van der Waals surface area contributed by atoms with Crippen LogP contribution in [-0.2, 0) is 17.6 Å². The van der Waals surface area contributed by atoms with Gasteiger partial charge in [0.05, 0.1) is 18.5 Å². The molecule has 1 aliphatic carbocycles. The summed E-state index contributed by atoms with van der Waals surface area (Å²) in [5.74, 6) is 0.124. The van der Waals surface area contributed by atoms with Gasteiger partial charge in [-0.05, 0) is 37.3 Å². The second-order valence-electron chi connectivity index (χ2n) is 4.85. The highest BCUT2D eigenvalue weighted by Gasteiger charge is 2.24. The molecule has 3 N–H and O–H groups in total. The number of nitrogens with zero attached hydrogens (tertiary/aromatic N) is 1. The van der Waals surface area contributed by atoms with E-state index in [0.29, 0.717) is 5.25 Å². The molecule has 0 spiro atoms. The first-order chi connectivity index (χ1) is 8.74. The topological polar surface area (TPSA) is 72.0 Å². The van der Waals surface area contributed by atoms with Crippen LogP contribution in [0.4, 0.5) is 0 Å². The van der Waals surface area contributed by atoms with Crippen LogP contribution in [0.3, 0.4) is 0 Å². The van der Waals surface area contributed by atoms with Crippen molar-refractivity contribution < 1.29 is 4.74 Å². The Labute approximate surface area is 111 Å². The maximum absolute atomic E-state index is 7.71. The number of fused-ring (bicyclic) bond motifs is 1. The molecule has 0 atom stereocenters. The first-order valence-corrected chi connectivity index (χ1v) is 7.23. The summed E-state index contributed by atoms with van der Waals surface area (Å²) >= 11 is 1.70. The fourth-order valence-electron chi connectivity index (χ4n) is 2.34. The summed E-state index contributed by atoms with van der Waals surface area (Å²) < 4.78 is 5.19. The lowest BCUT2D eigenvalue weighted by molar-refractivity contribution is 0.0454. The van der Waals surface area contributed by atoms with Crippen molar-refractivity contribution in [1.29, 1.82) is 5.41 Å². The van der Waals surface area contributed by atoms with E-state index in [0.717, 1.165) is 36.6 Å². The van der Waals surface area contributed by atoms with Gasteiger partial charge < -0.3 is 10.5 Å². The molecule has 0 saturated carbocycles. The van der Waals surface area contributed by atoms with E-state index < -0.39 is 0 Å². The van der Waals surface area contributed by atoms with E-state index in [4.69, 9.17) is 20.9 Å². The van der Waals surface area contributed by atoms with E-state index in [9.17, 15) is 0 Å². The molecule has 0 aromatic carbocycles. The third kappa shape index (κ3) is 2.24. The number of aryl methyl sites for hydroxylation is 2. The molecule has 5 heteroatoms. The largest absolute Gasteiger partial charge is 0.384 e. The molecular weight excluding hydrogens is 246 g/mol. The van der Waals surface area contributed by atoms with E-state index in [1.165, 1.54) is 24.1 Å². The lowest BCUT2D eigenvalue weighted by Crippen LogP contribution is -2.30. The molecule has 1 fully saturated rings. The number of rotatable bonds is 3. The highest BCUT2D eigenvalue weighted by atomic mass is 32.2. The third-order valence-electron chi connectivity index (χ3n) is 3.44. The van der Waals surface area contributed by atoms with E-state index in [2.05, 4.69) is 6.07 Å². The predicted molar refractivity (Wildman–Crippen MR) is 72.4 cm³/mol. The van der Waals surface area contributed by atoms with Gasteiger partial charge in [-0.25, -0.2) is 4.98 Å². The average Bonchev–Trinajstić information content (AvgIpc) is 2.32. The molecule has 0 amide bonds. The molecule has 18 heavy (non-hydrogen) atoms. The van der Waals surface area contributed by atoms with Crippen molar-refractivity contribution >= 4 is 17.6 Å². The van der Waals surface area contributed by atoms with Gasteiger partial charge in [-0.1, -0.05) is 11.8 Å². The van der Waals surface area contributed by atoms with Crippen LogP contribution in [0.15, 0.2) is 11.1 Å². The molecule has 1 saturated heterocycles. The van der Waals surface area contributed by atoms with Crippen LogP contribution >= 0.6 is 11.8 Å². The van der Waals surface area contributed by atoms with Gasteiger partial charge in [0, 0.05) is 11.3 Å². The van der Waals surface area contributed by atoms with Gasteiger partial charge in [0.25, 0.3) is 0 Å². The molecule has 1 aromatic rings. The monoisotopic (exact) mass is 263 g/mol. The van der Waals surface area contributed by atoms with Gasteiger partial charge >= 0.3 is 0 Å². The summed E-state index contributed by atoms with van der Waals surface area (Å²) in [6, 6.07) is 2.08. The van der Waals surface area contributed by atoms with Crippen LogP contribution in [0.2, 0.25) is 0 Å². The average molecular weight is 263 g/mol. The van der Waals surface area contributed by atoms with Crippen molar-refractivity contribution in [3.05, 3.63) is 22.9 Å². The van der Waals surface area contributed by atoms with E-state index in [-0.39, 0.29) is 5.84 Å². The standard InChI is InChI=1S/C13H17N3OS/c14-12(15)10-5-8-3-1-2-4-11(8)16-13(10)18-9-6-17-7-9/h5,9H,1-4,6-7H2,(H3,14,15). The molecule has 2 aliphatic rings. The lowest BCUT2D eigenvalue weighted by atomic mass is 9.95. The number of hydrogen-bond donors (Lipinski definition) is 2. The van der Waals surface area contributed by atoms with Gasteiger partial charge in [0.15, 0.2) is 0 Å². The van der Waals surface area contributed by atoms with E-state index >= 15 is 0 Å². The lowest BCUT2D eigenvalue weighted by Gasteiger charge is -2.26. The maximum Gasteiger partial charge on any atom is 0.125 e. The summed E-state index contributed by atoms with van der Waals surface area (Å²) in [6.45, 7) is 1.56. The van der Waals surface area contributed by atoms with Gasteiger partial charge in [-0.3, -0.25) is 5.41 Å². The quantitative estimate of drug-likeness (QED) is 0.643. The zero-order chi connectivity index (χ0) is 12.5. The van der Waals surface area contributed by atoms with E-state index in [1.54, 1.807) is 11.8 Å². The Hall–Kier alpha value is -1.07. The predicted octanol–water partition coefficient (Wildman–Crippen LogP) is 1.74. The Bertz CT molecular complexity index is 485. The Morgan fingerprint density at radius 3 is 2.83 bits per heavy atom. The molecule has 1 aliphatic heterocycles. The smallest absolute Gasteiger partial charge is 0.125 e. The first kappa shape index (κ1) is 12.0. The second kappa shape index (κ2) is 4.90. The van der Waals surface area contributed by atoms with Gasteiger partial charge in [-0.2, -0.15) is 0 Å². The van der Waals surface area contributed by atoms with Crippen LogP contribution in [0.5, 0.6) is 0 Å². The number of nitrogens with one attached hydrogen (secondary N) is 1. The number of thioether (sulfide) groups is 1. The summed E-state index contributed by atoms with van der Waals surface area (Å²) in [6.07, 6.45) is 4.56. The Morgan fingerprint density at radius 1 is 1.39 bits per heavy atom. The molecule has 3 rings (SSSR count). The van der Waals surface area contributed by atoms with Crippen molar-refractivity contribution in [2.24, 2.45) is 5.73 Å². The molecule has 4 nitrogen and oxygen atoms in total. The number of nitrogen functional groups attached to an aromatic ring is 1. The maximum atomic E-state index is 7.71. The number of aromatic nitrogens is 1. The van der Waals surface area contributed by atoms with Crippen LogP contribution in [0.25, 0.3) is 0 Å². The van der Waals surface area contributed by atoms with Crippen LogP contribution in [-0.4, -0.2) is 29.3 Å². The van der Waals surface area contributed by atoms with Crippen molar-refractivity contribution in [2.45, 2.75) is 36.0 Å². The molecule has 0 radical (unpaired) electrons. The number of amidine groups is 1. The number of ether oxygens (including phenoxy) is 1. The third-order valence-corrected chi connectivity index (χ3v) is 4.58. The normalized spacial score (nSPS) is 19.1.